The highest BCUT2D eigenvalue weighted by Crippen LogP contribution is 2.31. The monoisotopic (exact) mass is 459 g/mol. The zero-order chi connectivity index (χ0) is 23.7. The molecule has 0 saturated heterocycles. The zero-order valence-electron chi connectivity index (χ0n) is 18.8. The van der Waals surface area contributed by atoms with Crippen LogP contribution in [0.25, 0.3) is 28.2 Å². The zero-order valence-corrected chi connectivity index (χ0v) is 18.8. The molecule has 5 rings (SSSR count). The fraction of sp³-hybridized carbons (Fsp3) is 0.167. The average molecular weight is 459 g/mol. The normalized spacial score (nSPS) is 11.0. The molecule has 0 aliphatic heterocycles. The van der Waals surface area contributed by atoms with Crippen LogP contribution in [-0.4, -0.2) is 45.7 Å². The largest absolute Gasteiger partial charge is 0.497 e. The second-order valence-electron chi connectivity index (χ2n) is 7.40. The number of fused-ring (bicyclic) bond motifs is 1. The first-order valence-corrected chi connectivity index (χ1v) is 10.4. The molecule has 0 spiro atoms. The number of hydrogen-bond acceptors (Lipinski definition) is 8. The number of hydrogen-bond donors (Lipinski definition) is 0. The molecule has 0 bridgehead atoms. The van der Waals surface area contributed by atoms with Crippen molar-refractivity contribution in [2.75, 3.05) is 21.3 Å². The van der Waals surface area contributed by atoms with E-state index in [1.807, 2.05) is 24.3 Å². The molecule has 3 aromatic heterocycles. The summed E-state index contributed by atoms with van der Waals surface area (Å²) in [6.07, 6.45) is 3.35. The van der Waals surface area contributed by atoms with E-state index in [2.05, 4.69) is 15.2 Å². The van der Waals surface area contributed by atoms with E-state index in [1.54, 1.807) is 62.5 Å². The van der Waals surface area contributed by atoms with Crippen LogP contribution in [0, 0.1) is 0 Å². The Hall–Kier alpha value is -4.60. The second-order valence-corrected chi connectivity index (χ2v) is 7.40. The summed E-state index contributed by atoms with van der Waals surface area (Å²) in [6, 6.07) is 14.6. The van der Waals surface area contributed by atoms with Gasteiger partial charge in [0, 0.05) is 24.0 Å². The highest BCUT2D eigenvalue weighted by Gasteiger charge is 2.16. The molecule has 3 heterocycles. The van der Waals surface area contributed by atoms with Crippen LogP contribution >= 0.6 is 0 Å². The van der Waals surface area contributed by atoms with Gasteiger partial charge in [-0.1, -0.05) is 5.16 Å². The summed E-state index contributed by atoms with van der Waals surface area (Å²) in [6.45, 7) is 0.115. The fourth-order valence-corrected chi connectivity index (χ4v) is 3.61. The Morgan fingerprint density at radius 3 is 2.41 bits per heavy atom. The van der Waals surface area contributed by atoms with Crippen molar-refractivity contribution < 1.29 is 18.7 Å². The number of benzene rings is 2. The highest BCUT2D eigenvalue weighted by molar-refractivity contribution is 5.66. The predicted molar refractivity (Wildman–Crippen MR) is 123 cm³/mol. The minimum atomic E-state index is -0.225. The van der Waals surface area contributed by atoms with E-state index in [4.69, 9.17) is 18.7 Å². The Kier molecular flexibility index (Phi) is 5.46. The summed E-state index contributed by atoms with van der Waals surface area (Å²) in [5.41, 5.74) is 2.43. The summed E-state index contributed by atoms with van der Waals surface area (Å²) >= 11 is 0. The summed E-state index contributed by atoms with van der Waals surface area (Å²) in [7, 11) is 4.75. The summed E-state index contributed by atoms with van der Waals surface area (Å²) in [5.74, 6) is 2.60. The molecule has 0 aliphatic rings. The third-order valence-electron chi connectivity index (χ3n) is 5.41. The van der Waals surface area contributed by atoms with Crippen molar-refractivity contribution in [2.24, 2.45) is 0 Å². The van der Waals surface area contributed by atoms with Crippen LogP contribution in [0.2, 0.25) is 0 Å². The van der Waals surface area contributed by atoms with Crippen LogP contribution in [-0.2, 0) is 6.54 Å². The van der Waals surface area contributed by atoms with Gasteiger partial charge in [0.1, 0.15) is 29.3 Å². The second kappa shape index (κ2) is 8.74. The average Bonchev–Trinajstić information content (AvgIpc) is 3.53. The summed E-state index contributed by atoms with van der Waals surface area (Å²) in [5, 5.41) is 8.56. The maximum Gasteiger partial charge on any atom is 0.277 e. The van der Waals surface area contributed by atoms with Crippen LogP contribution in [0.15, 0.2) is 70.2 Å². The van der Waals surface area contributed by atoms with E-state index in [0.717, 1.165) is 11.3 Å². The molecular weight excluding hydrogens is 438 g/mol. The van der Waals surface area contributed by atoms with E-state index < -0.39 is 0 Å². The molecule has 0 aliphatic carbocycles. The maximum atomic E-state index is 13.1. The van der Waals surface area contributed by atoms with Gasteiger partial charge < -0.3 is 23.3 Å². The van der Waals surface area contributed by atoms with Crippen molar-refractivity contribution in [1.29, 1.82) is 0 Å². The van der Waals surface area contributed by atoms with Gasteiger partial charge in [0.05, 0.1) is 32.6 Å². The van der Waals surface area contributed by atoms with Gasteiger partial charge in [-0.25, -0.2) is 4.52 Å². The lowest BCUT2D eigenvalue weighted by Gasteiger charge is -2.07. The molecule has 0 radical (unpaired) electrons. The molecule has 34 heavy (non-hydrogen) atoms. The van der Waals surface area contributed by atoms with E-state index in [-0.39, 0.29) is 18.0 Å². The number of rotatable bonds is 7. The lowest BCUT2D eigenvalue weighted by atomic mass is 10.1. The van der Waals surface area contributed by atoms with Gasteiger partial charge in [0.2, 0.25) is 11.7 Å². The van der Waals surface area contributed by atoms with Gasteiger partial charge in [-0.05, 0) is 42.5 Å². The maximum absolute atomic E-state index is 13.1. The third kappa shape index (κ3) is 3.85. The number of ether oxygens (including phenoxy) is 3. The van der Waals surface area contributed by atoms with Crippen molar-refractivity contribution in [3.05, 3.63) is 77.2 Å². The van der Waals surface area contributed by atoms with Crippen LogP contribution in [0.5, 0.6) is 17.2 Å². The van der Waals surface area contributed by atoms with E-state index in [0.29, 0.717) is 34.1 Å². The van der Waals surface area contributed by atoms with Gasteiger partial charge in [-0.2, -0.15) is 10.1 Å². The minimum absolute atomic E-state index is 0.115. The van der Waals surface area contributed by atoms with Gasteiger partial charge in [-0.15, -0.1) is 0 Å². The molecule has 0 fully saturated rings. The SMILES string of the molecule is COc1ccc(-c2cc3c(=O)n(Cc4nc(-c5ccc(OC)cc5OC)no4)ccn3n2)cc1. The number of nitrogens with zero attached hydrogens (tertiary/aromatic N) is 5. The molecule has 0 amide bonds. The first-order valence-electron chi connectivity index (χ1n) is 10.4. The Balaban J connectivity index is 1.43. The topological polar surface area (TPSA) is 106 Å². The summed E-state index contributed by atoms with van der Waals surface area (Å²) in [4.78, 5) is 17.5. The van der Waals surface area contributed by atoms with Crippen LogP contribution < -0.4 is 19.8 Å². The molecule has 5 aromatic rings. The lowest BCUT2D eigenvalue weighted by molar-refractivity contribution is 0.369. The quantitative estimate of drug-likeness (QED) is 0.365. The van der Waals surface area contributed by atoms with Gasteiger partial charge in [0.15, 0.2) is 0 Å². The molecule has 172 valence electrons. The molecule has 0 N–H and O–H groups in total. The molecule has 0 unspecified atom stereocenters. The number of aromatic nitrogens is 5. The van der Waals surface area contributed by atoms with Crippen molar-refractivity contribution in [3.63, 3.8) is 0 Å². The Bertz CT molecular complexity index is 1520. The molecule has 10 heteroatoms. The van der Waals surface area contributed by atoms with E-state index >= 15 is 0 Å². The van der Waals surface area contributed by atoms with Crippen molar-refractivity contribution in [2.45, 2.75) is 6.54 Å². The first-order chi connectivity index (χ1) is 16.6. The standard InChI is InChI=1S/C24H21N5O5/c1-31-16-6-4-15(5-7-16)19-13-20-24(30)28(10-11-29(20)26-19)14-22-25-23(27-34-22)18-9-8-17(32-2)12-21(18)33-3/h4-13H,14H2,1-3H3. The molecule has 2 aromatic carbocycles. The van der Waals surface area contributed by atoms with Crippen molar-refractivity contribution in [1.82, 2.24) is 24.3 Å². The number of methoxy groups -OCH3 is 3. The van der Waals surface area contributed by atoms with Crippen LogP contribution in [0.1, 0.15) is 5.89 Å². The predicted octanol–water partition coefficient (Wildman–Crippen LogP) is 3.29. The van der Waals surface area contributed by atoms with Crippen molar-refractivity contribution in [3.8, 4) is 39.9 Å². The molecule has 0 saturated carbocycles. The van der Waals surface area contributed by atoms with E-state index in [1.165, 1.54) is 4.57 Å². The lowest BCUT2D eigenvalue weighted by Crippen LogP contribution is -2.21. The Morgan fingerprint density at radius 2 is 1.68 bits per heavy atom. The minimum Gasteiger partial charge on any atom is -0.497 e. The Morgan fingerprint density at radius 1 is 0.912 bits per heavy atom. The van der Waals surface area contributed by atoms with Crippen LogP contribution in [0.4, 0.5) is 0 Å². The first kappa shape index (κ1) is 21.3. The van der Waals surface area contributed by atoms with Gasteiger partial charge in [0.25, 0.3) is 5.56 Å². The van der Waals surface area contributed by atoms with Crippen LogP contribution in [0.3, 0.4) is 0 Å². The molecule has 10 nitrogen and oxygen atoms in total. The van der Waals surface area contributed by atoms with Gasteiger partial charge >= 0.3 is 0 Å². The van der Waals surface area contributed by atoms with E-state index in [9.17, 15) is 4.79 Å². The fourth-order valence-electron chi connectivity index (χ4n) is 3.61. The summed E-state index contributed by atoms with van der Waals surface area (Å²) < 4.78 is 24.3. The third-order valence-corrected chi connectivity index (χ3v) is 5.41. The molecule has 0 atom stereocenters. The molecular formula is C24H21N5O5. The smallest absolute Gasteiger partial charge is 0.277 e. The van der Waals surface area contributed by atoms with Gasteiger partial charge in [-0.3, -0.25) is 4.79 Å². The highest BCUT2D eigenvalue weighted by atomic mass is 16.5. The Labute approximate surface area is 193 Å². The van der Waals surface area contributed by atoms with Crippen molar-refractivity contribution >= 4 is 5.52 Å².